The Bertz CT molecular complexity index is 760. The smallest absolute Gasteiger partial charge is 0.321 e. The number of rotatable bonds is 10. The number of carbonyl (C=O) groups is 2. The van der Waals surface area contributed by atoms with Gasteiger partial charge in [0, 0.05) is 23.5 Å². The molecule has 0 saturated heterocycles. The first kappa shape index (κ1) is 20.0. The van der Waals surface area contributed by atoms with Gasteiger partial charge in [-0.05, 0) is 11.6 Å². The van der Waals surface area contributed by atoms with Crippen LogP contribution < -0.4 is 5.32 Å². The highest BCUT2D eigenvalue weighted by Gasteiger charge is 2.30. The summed E-state index contributed by atoms with van der Waals surface area (Å²) in [6.45, 7) is -1.34. The van der Waals surface area contributed by atoms with Gasteiger partial charge >= 0.3 is 5.97 Å². The molecule has 2 aromatic rings. The summed E-state index contributed by atoms with van der Waals surface area (Å²) in [7, 11) is 0. The molecule has 1 aromatic heterocycles. The van der Waals surface area contributed by atoms with E-state index in [9.17, 15) is 30.0 Å². The minimum atomic E-state index is -1.94. The van der Waals surface area contributed by atoms with Crippen LogP contribution in [0.3, 0.4) is 0 Å². The van der Waals surface area contributed by atoms with Gasteiger partial charge in [0.2, 0.25) is 0 Å². The van der Waals surface area contributed by atoms with Crippen molar-refractivity contribution in [1.29, 1.82) is 0 Å². The lowest BCUT2D eigenvalue weighted by Gasteiger charge is -2.21. The number of carboxylic acid groups (broad SMARTS) is 1. The molecule has 0 radical (unpaired) electrons. The van der Waals surface area contributed by atoms with Crippen LogP contribution in [0.15, 0.2) is 30.5 Å². The van der Waals surface area contributed by atoms with E-state index in [1.807, 2.05) is 24.3 Å². The zero-order chi connectivity index (χ0) is 19.3. The largest absolute Gasteiger partial charge is 0.480 e. The summed E-state index contributed by atoms with van der Waals surface area (Å²) < 4.78 is 0. The molecule has 1 aromatic carbocycles. The number of Topliss-reactive ketones (excluding diaryl/α,β-unsaturated/α-hetero) is 1. The minimum Gasteiger partial charge on any atom is -0.480 e. The van der Waals surface area contributed by atoms with E-state index in [0.717, 1.165) is 16.5 Å². The van der Waals surface area contributed by atoms with Crippen molar-refractivity contribution in [2.24, 2.45) is 0 Å². The quantitative estimate of drug-likeness (QED) is 0.264. The van der Waals surface area contributed by atoms with Crippen molar-refractivity contribution in [3.63, 3.8) is 0 Å². The number of fused-ring (bicyclic) bond motifs is 1. The zero-order valence-electron chi connectivity index (χ0n) is 13.9. The standard InChI is InChI=1S/C17H22N2O7/c20-8-14(22)16(24)15(23)13(21)7-19-12(17(25)26)5-9-6-18-11-4-2-1-3-10(9)11/h1-4,6,12,14-16,18-20,22-24H,5,7-8H2,(H,25,26)/t12-,14+,15+,16+/m0/s1. The van der Waals surface area contributed by atoms with Crippen LogP contribution in [0, 0.1) is 0 Å². The second kappa shape index (κ2) is 8.88. The fraction of sp³-hybridized carbons (Fsp3) is 0.412. The maximum absolute atomic E-state index is 11.9. The Morgan fingerprint density at radius 2 is 1.85 bits per heavy atom. The van der Waals surface area contributed by atoms with Crippen molar-refractivity contribution in [2.75, 3.05) is 13.2 Å². The number of aliphatic hydroxyl groups is 4. The Labute approximate surface area is 148 Å². The van der Waals surface area contributed by atoms with Crippen molar-refractivity contribution >= 4 is 22.7 Å². The first-order valence-corrected chi connectivity index (χ1v) is 8.04. The Balaban J connectivity index is 2.00. The number of benzene rings is 1. The molecule has 0 bridgehead atoms. The number of carboxylic acids is 1. The van der Waals surface area contributed by atoms with E-state index >= 15 is 0 Å². The average molecular weight is 366 g/mol. The monoisotopic (exact) mass is 366 g/mol. The van der Waals surface area contributed by atoms with Gasteiger partial charge in [-0.1, -0.05) is 18.2 Å². The van der Waals surface area contributed by atoms with Crippen molar-refractivity contribution in [1.82, 2.24) is 10.3 Å². The molecule has 0 unspecified atom stereocenters. The van der Waals surface area contributed by atoms with Crippen molar-refractivity contribution in [2.45, 2.75) is 30.8 Å². The molecule has 0 amide bonds. The number of aromatic amines is 1. The summed E-state index contributed by atoms with van der Waals surface area (Å²) in [5.74, 6) is -2.07. The van der Waals surface area contributed by atoms with Crippen LogP contribution in [0.1, 0.15) is 5.56 Å². The third-order valence-electron chi connectivity index (χ3n) is 4.15. The second-order valence-electron chi connectivity index (χ2n) is 5.99. The van der Waals surface area contributed by atoms with Gasteiger partial charge in [-0.25, -0.2) is 0 Å². The molecule has 9 nitrogen and oxygen atoms in total. The number of ketones is 1. The molecule has 26 heavy (non-hydrogen) atoms. The number of aliphatic carboxylic acids is 1. The predicted octanol–water partition coefficient (Wildman–Crippen LogP) is -1.60. The number of hydrogen-bond donors (Lipinski definition) is 7. The van der Waals surface area contributed by atoms with Gasteiger partial charge in [0.15, 0.2) is 5.78 Å². The van der Waals surface area contributed by atoms with Crippen LogP contribution >= 0.6 is 0 Å². The summed E-state index contributed by atoms with van der Waals surface area (Å²) in [6, 6.07) is 6.29. The zero-order valence-corrected chi connectivity index (χ0v) is 13.9. The highest BCUT2D eigenvalue weighted by Crippen LogP contribution is 2.19. The molecule has 4 atom stereocenters. The topological polar surface area (TPSA) is 163 Å². The molecular formula is C17H22N2O7. The first-order chi connectivity index (χ1) is 12.3. The summed E-state index contributed by atoms with van der Waals surface area (Å²) in [6.07, 6.45) is -3.67. The SMILES string of the molecule is O=C(O)[C@H](Cc1c[nH]c2ccccc12)NCC(=O)[C@@H](O)[C@H](O)[C@H](O)CO. The van der Waals surface area contributed by atoms with Gasteiger partial charge in [0.1, 0.15) is 24.4 Å². The van der Waals surface area contributed by atoms with E-state index in [2.05, 4.69) is 10.3 Å². The number of nitrogens with one attached hydrogen (secondary N) is 2. The Hall–Kier alpha value is -2.30. The van der Waals surface area contributed by atoms with Crippen molar-refractivity contribution in [3.8, 4) is 0 Å². The molecule has 0 aliphatic rings. The minimum absolute atomic E-state index is 0.102. The summed E-state index contributed by atoms with van der Waals surface area (Å²) >= 11 is 0. The maximum atomic E-state index is 11.9. The summed E-state index contributed by atoms with van der Waals surface area (Å²) in [5, 5.41) is 50.0. The molecule has 0 fully saturated rings. The number of hydrogen-bond acceptors (Lipinski definition) is 7. The fourth-order valence-corrected chi connectivity index (χ4v) is 2.60. The molecule has 9 heteroatoms. The predicted molar refractivity (Wildman–Crippen MR) is 91.5 cm³/mol. The lowest BCUT2D eigenvalue weighted by Crippen LogP contribution is -2.49. The fourth-order valence-electron chi connectivity index (χ4n) is 2.60. The van der Waals surface area contributed by atoms with Crippen molar-refractivity contribution < 1.29 is 35.1 Å². The summed E-state index contributed by atoms with van der Waals surface area (Å²) in [4.78, 5) is 26.4. The van der Waals surface area contributed by atoms with Gasteiger partial charge in [0.25, 0.3) is 0 Å². The Morgan fingerprint density at radius 1 is 1.15 bits per heavy atom. The molecule has 1 heterocycles. The van der Waals surface area contributed by atoms with E-state index in [-0.39, 0.29) is 6.42 Å². The second-order valence-corrected chi connectivity index (χ2v) is 5.99. The third kappa shape index (κ3) is 4.65. The van der Waals surface area contributed by atoms with Crippen LogP contribution in [0.5, 0.6) is 0 Å². The van der Waals surface area contributed by atoms with Crippen LogP contribution in [-0.2, 0) is 16.0 Å². The van der Waals surface area contributed by atoms with Gasteiger partial charge in [-0.3, -0.25) is 14.9 Å². The lowest BCUT2D eigenvalue weighted by atomic mass is 10.0. The number of aromatic nitrogens is 1. The molecule has 142 valence electrons. The lowest BCUT2D eigenvalue weighted by molar-refractivity contribution is -0.141. The number of aliphatic hydroxyl groups excluding tert-OH is 4. The number of para-hydroxylation sites is 1. The van der Waals surface area contributed by atoms with Crippen LogP contribution in [0.2, 0.25) is 0 Å². The summed E-state index contributed by atoms with van der Waals surface area (Å²) in [5.41, 5.74) is 1.61. The van der Waals surface area contributed by atoms with Crippen LogP contribution in [0.4, 0.5) is 0 Å². The molecule has 0 saturated carbocycles. The first-order valence-electron chi connectivity index (χ1n) is 8.04. The van der Waals surface area contributed by atoms with Gasteiger partial charge in [-0.15, -0.1) is 0 Å². The van der Waals surface area contributed by atoms with Crippen molar-refractivity contribution in [3.05, 3.63) is 36.0 Å². The maximum Gasteiger partial charge on any atom is 0.321 e. The van der Waals surface area contributed by atoms with Gasteiger partial charge in [0.05, 0.1) is 13.2 Å². The van der Waals surface area contributed by atoms with E-state index in [0.29, 0.717) is 0 Å². The van der Waals surface area contributed by atoms with Crippen LogP contribution in [0.25, 0.3) is 10.9 Å². The van der Waals surface area contributed by atoms with Gasteiger partial charge in [-0.2, -0.15) is 0 Å². The average Bonchev–Trinajstić information content (AvgIpc) is 3.05. The van der Waals surface area contributed by atoms with E-state index in [4.69, 9.17) is 5.11 Å². The highest BCUT2D eigenvalue weighted by atomic mass is 16.4. The Morgan fingerprint density at radius 3 is 2.50 bits per heavy atom. The number of H-pyrrole nitrogens is 1. The molecule has 2 rings (SSSR count). The number of carbonyl (C=O) groups excluding carboxylic acids is 1. The molecule has 0 aliphatic heterocycles. The van der Waals surface area contributed by atoms with E-state index in [1.54, 1.807) is 6.20 Å². The Kier molecular flexibility index (Phi) is 6.83. The van der Waals surface area contributed by atoms with Gasteiger partial charge < -0.3 is 30.5 Å². The van der Waals surface area contributed by atoms with E-state index in [1.165, 1.54) is 0 Å². The van der Waals surface area contributed by atoms with E-state index < -0.39 is 49.3 Å². The normalized spacial score (nSPS) is 16.2. The molecule has 0 aliphatic carbocycles. The molecular weight excluding hydrogens is 344 g/mol. The molecule has 0 spiro atoms. The third-order valence-corrected chi connectivity index (χ3v) is 4.15. The van der Waals surface area contributed by atoms with Crippen LogP contribution in [-0.4, -0.2) is 79.8 Å². The highest BCUT2D eigenvalue weighted by molar-refractivity contribution is 5.87. The molecule has 7 N–H and O–H groups in total.